The van der Waals surface area contributed by atoms with E-state index in [1.807, 2.05) is 17.9 Å². The number of aromatic nitrogens is 2. The van der Waals surface area contributed by atoms with Crippen LogP contribution in [-0.4, -0.2) is 59.7 Å². The van der Waals surface area contributed by atoms with E-state index in [4.69, 9.17) is 9.47 Å². The van der Waals surface area contributed by atoms with Gasteiger partial charge in [-0.15, -0.1) is 0 Å². The molecule has 2 saturated heterocycles. The molecule has 6 nitrogen and oxygen atoms in total. The second-order valence-corrected chi connectivity index (χ2v) is 8.10. The second-order valence-electron chi connectivity index (χ2n) is 8.10. The zero-order valence-electron chi connectivity index (χ0n) is 16.4. The Morgan fingerprint density at radius 3 is 3.11 bits per heavy atom. The number of ether oxygens (including phenoxy) is 2. The first-order valence-corrected chi connectivity index (χ1v) is 9.82. The molecule has 1 aromatic heterocycles. The van der Waals surface area contributed by atoms with Gasteiger partial charge in [-0.05, 0) is 31.0 Å². The van der Waals surface area contributed by atoms with E-state index in [0.29, 0.717) is 12.5 Å². The van der Waals surface area contributed by atoms with Crippen LogP contribution in [-0.2, 0) is 23.1 Å². The number of benzene rings is 1. The highest BCUT2D eigenvalue weighted by Crippen LogP contribution is 2.33. The summed E-state index contributed by atoms with van der Waals surface area (Å²) in [5.74, 6) is 0.507. The lowest BCUT2D eigenvalue weighted by atomic mass is 9.94. The van der Waals surface area contributed by atoms with Gasteiger partial charge in [0.25, 0.3) is 0 Å². The summed E-state index contributed by atoms with van der Waals surface area (Å²) >= 11 is 0. The molecule has 0 saturated carbocycles. The van der Waals surface area contributed by atoms with Crippen LogP contribution in [0.5, 0.6) is 0 Å². The highest BCUT2D eigenvalue weighted by molar-refractivity contribution is 5.45. The van der Waals surface area contributed by atoms with Gasteiger partial charge in [0.1, 0.15) is 5.60 Å². The summed E-state index contributed by atoms with van der Waals surface area (Å²) in [6, 6.07) is 8.54. The fraction of sp³-hybridized carbons (Fsp3) is 0.571. The van der Waals surface area contributed by atoms with E-state index in [2.05, 4.69) is 52.7 Å². The van der Waals surface area contributed by atoms with E-state index >= 15 is 0 Å². The molecular weight excluding hydrogens is 340 g/mol. The first-order chi connectivity index (χ1) is 13.1. The molecule has 0 amide bonds. The van der Waals surface area contributed by atoms with Crippen LogP contribution < -0.4 is 5.32 Å². The van der Waals surface area contributed by atoms with Gasteiger partial charge in [-0.1, -0.05) is 12.1 Å². The Bertz CT molecular complexity index is 762. The van der Waals surface area contributed by atoms with Gasteiger partial charge in [-0.3, -0.25) is 9.58 Å². The first kappa shape index (κ1) is 18.5. The Morgan fingerprint density at radius 2 is 2.30 bits per heavy atom. The molecule has 2 aromatic rings. The van der Waals surface area contributed by atoms with Crippen molar-refractivity contribution in [3.63, 3.8) is 0 Å². The molecule has 1 spiro atoms. The molecule has 27 heavy (non-hydrogen) atoms. The van der Waals surface area contributed by atoms with E-state index in [-0.39, 0.29) is 5.60 Å². The van der Waals surface area contributed by atoms with Crippen LogP contribution in [0.3, 0.4) is 0 Å². The zero-order chi connectivity index (χ0) is 18.7. The number of hydrogen-bond acceptors (Lipinski definition) is 5. The van der Waals surface area contributed by atoms with Crippen molar-refractivity contribution in [2.45, 2.75) is 25.5 Å². The Balaban J connectivity index is 1.34. The fourth-order valence-electron chi connectivity index (χ4n) is 4.23. The molecule has 3 heterocycles. The lowest BCUT2D eigenvalue weighted by Crippen LogP contribution is -2.43. The lowest BCUT2D eigenvalue weighted by molar-refractivity contribution is -0.0562. The molecule has 0 unspecified atom stereocenters. The van der Waals surface area contributed by atoms with Gasteiger partial charge in [0.05, 0.1) is 26.0 Å². The SMILES string of the molecule is Cc1cccc(NC[C@@H]2CO[C@@]3(COCCN(Cc4cnn(C)c4)C3)C2)c1. The normalized spacial score (nSPS) is 26.4. The topological polar surface area (TPSA) is 51.5 Å². The Kier molecular flexibility index (Phi) is 5.48. The van der Waals surface area contributed by atoms with Gasteiger partial charge in [0.15, 0.2) is 0 Å². The first-order valence-electron chi connectivity index (χ1n) is 9.82. The molecule has 6 heteroatoms. The van der Waals surface area contributed by atoms with Crippen molar-refractivity contribution in [2.75, 3.05) is 44.8 Å². The average Bonchev–Trinajstić information content (AvgIpc) is 3.17. The predicted octanol–water partition coefficient (Wildman–Crippen LogP) is 2.45. The molecular formula is C21H30N4O2. The van der Waals surface area contributed by atoms with Gasteiger partial charge >= 0.3 is 0 Å². The van der Waals surface area contributed by atoms with Gasteiger partial charge in [-0.2, -0.15) is 5.10 Å². The highest BCUT2D eigenvalue weighted by Gasteiger charge is 2.43. The fourth-order valence-corrected chi connectivity index (χ4v) is 4.23. The van der Waals surface area contributed by atoms with Crippen molar-refractivity contribution < 1.29 is 9.47 Å². The zero-order valence-corrected chi connectivity index (χ0v) is 16.4. The average molecular weight is 370 g/mol. The molecule has 1 aromatic carbocycles. The summed E-state index contributed by atoms with van der Waals surface area (Å²) in [4.78, 5) is 2.44. The molecule has 2 fully saturated rings. The smallest absolute Gasteiger partial charge is 0.104 e. The van der Waals surface area contributed by atoms with Crippen LogP contribution in [0, 0.1) is 12.8 Å². The Labute approximate surface area is 161 Å². The van der Waals surface area contributed by atoms with Crippen molar-refractivity contribution in [3.8, 4) is 0 Å². The summed E-state index contributed by atoms with van der Waals surface area (Å²) in [6.07, 6.45) is 5.07. The molecule has 2 aliphatic rings. The number of hydrogen-bond donors (Lipinski definition) is 1. The number of nitrogens with zero attached hydrogens (tertiary/aromatic N) is 3. The van der Waals surface area contributed by atoms with Crippen LogP contribution in [0.25, 0.3) is 0 Å². The lowest BCUT2D eigenvalue weighted by Gasteiger charge is -2.31. The number of rotatable bonds is 5. The van der Waals surface area contributed by atoms with E-state index in [1.54, 1.807) is 0 Å². The van der Waals surface area contributed by atoms with E-state index < -0.39 is 0 Å². The van der Waals surface area contributed by atoms with E-state index in [9.17, 15) is 0 Å². The Morgan fingerprint density at radius 1 is 1.37 bits per heavy atom. The maximum absolute atomic E-state index is 6.33. The van der Waals surface area contributed by atoms with Crippen molar-refractivity contribution in [1.82, 2.24) is 14.7 Å². The molecule has 4 rings (SSSR count). The summed E-state index contributed by atoms with van der Waals surface area (Å²) in [6.45, 7) is 8.06. The van der Waals surface area contributed by atoms with Crippen LogP contribution in [0.15, 0.2) is 36.7 Å². The molecule has 2 atom stereocenters. The summed E-state index contributed by atoms with van der Waals surface area (Å²) in [5.41, 5.74) is 3.52. The molecule has 2 aliphatic heterocycles. The number of nitrogens with one attached hydrogen (secondary N) is 1. The minimum Gasteiger partial charge on any atom is -0.385 e. The van der Waals surface area contributed by atoms with Crippen LogP contribution in [0.4, 0.5) is 5.69 Å². The Hall–Kier alpha value is -1.89. The van der Waals surface area contributed by atoms with Gasteiger partial charge in [-0.25, -0.2) is 0 Å². The van der Waals surface area contributed by atoms with Crippen molar-refractivity contribution in [3.05, 3.63) is 47.8 Å². The molecule has 0 aliphatic carbocycles. The third-order valence-electron chi connectivity index (χ3n) is 5.49. The summed E-state index contributed by atoms with van der Waals surface area (Å²) in [5, 5.41) is 7.86. The van der Waals surface area contributed by atoms with E-state index in [0.717, 1.165) is 45.8 Å². The van der Waals surface area contributed by atoms with Gasteiger partial charge in [0, 0.05) is 56.6 Å². The number of aryl methyl sites for hydroxylation is 2. The van der Waals surface area contributed by atoms with Crippen LogP contribution in [0.1, 0.15) is 17.5 Å². The monoisotopic (exact) mass is 370 g/mol. The highest BCUT2D eigenvalue weighted by atomic mass is 16.5. The van der Waals surface area contributed by atoms with Crippen LogP contribution >= 0.6 is 0 Å². The van der Waals surface area contributed by atoms with E-state index in [1.165, 1.54) is 16.8 Å². The minimum absolute atomic E-state index is 0.183. The van der Waals surface area contributed by atoms with Gasteiger partial charge < -0.3 is 14.8 Å². The maximum Gasteiger partial charge on any atom is 0.104 e. The largest absolute Gasteiger partial charge is 0.385 e. The molecule has 1 N–H and O–H groups in total. The second kappa shape index (κ2) is 8.00. The van der Waals surface area contributed by atoms with Gasteiger partial charge in [0.2, 0.25) is 0 Å². The molecule has 0 radical (unpaired) electrons. The van der Waals surface area contributed by atoms with Crippen molar-refractivity contribution >= 4 is 5.69 Å². The third kappa shape index (κ3) is 4.69. The predicted molar refractivity (Wildman–Crippen MR) is 106 cm³/mol. The molecule has 146 valence electrons. The van der Waals surface area contributed by atoms with Crippen molar-refractivity contribution in [2.24, 2.45) is 13.0 Å². The van der Waals surface area contributed by atoms with Crippen LogP contribution in [0.2, 0.25) is 0 Å². The summed E-state index contributed by atoms with van der Waals surface area (Å²) < 4.78 is 14.1. The van der Waals surface area contributed by atoms with Crippen molar-refractivity contribution in [1.29, 1.82) is 0 Å². The molecule has 0 bridgehead atoms. The standard InChI is InChI=1S/C21H30N4O2/c1-17-4-3-5-20(8-17)22-10-18-9-21(27-14-18)15-25(6-7-26-16-21)13-19-11-23-24(2)12-19/h3-5,8,11-12,18,22H,6-7,9-10,13-16H2,1-2H3/t18-,21+/m1/s1. The minimum atomic E-state index is -0.183. The summed E-state index contributed by atoms with van der Waals surface area (Å²) in [7, 11) is 1.96. The number of anilines is 1. The quantitative estimate of drug-likeness (QED) is 0.876. The maximum atomic E-state index is 6.33. The third-order valence-corrected chi connectivity index (χ3v) is 5.49.